The number of carbonyl (C=O) groups is 2. The zero-order valence-corrected chi connectivity index (χ0v) is 21.2. The Morgan fingerprint density at radius 2 is 2.03 bits per heavy atom. The lowest BCUT2D eigenvalue weighted by Crippen LogP contribution is -2.38. The Morgan fingerprint density at radius 1 is 1.16 bits per heavy atom. The van der Waals surface area contributed by atoms with Gasteiger partial charge in [0, 0.05) is 22.8 Å². The molecule has 2 aromatic heterocycles. The number of hydrogen-bond donors (Lipinski definition) is 3. The first kappa shape index (κ1) is 25.0. The molecule has 0 bridgehead atoms. The number of nitrogens with one attached hydrogen (secondary N) is 3. The Balaban J connectivity index is 1.41. The van der Waals surface area contributed by atoms with Crippen LogP contribution in [-0.2, 0) is 9.53 Å². The molecule has 11 nitrogen and oxygen atoms in total. The van der Waals surface area contributed by atoms with Crippen LogP contribution in [0.2, 0.25) is 5.02 Å². The van der Waals surface area contributed by atoms with Gasteiger partial charge in [-0.3, -0.25) is 9.78 Å². The monoisotopic (exact) mass is 534 g/mol. The van der Waals surface area contributed by atoms with E-state index in [1.165, 1.54) is 6.33 Å². The van der Waals surface area contributed by atoms with E-state index < -0.39 is 18.0 Å². The standard InChI is InChI=1S/C26H23ClN6O5/c1-3-36-23-10-19-17(9-20(23)32-25(34)21-12-37-26(35)33-21)24(30-13-29-19)31-15-5-7-22(18(27)8-15)38-16-6-4-14(2)28-11-16/h4-11,13,21H,3,12H2,1-2H3,(H,32,34)(H,33,35)(H,29,30,31)/t21-/m0/s1. The van der Waals surface area contributed by atoms with Gasteiger partial charge in [0.15, 0.2) is 0 Å². The van der Waals surface area contributed by atoms with E-state index in [-0.39, 0.29) is 6.61 Å². The number of cyclic esters (lactones) is 1. The molecule has 1 saturated heterocycles. The third kappa shape index (κ3) is 5.52. The topological polar surface area (TPSA) is 137 Å². The second-order valence-corrected chi connectivity index (χ2v) is 8.72. The molecule has 38 heavy (non-hydrogen) atoms. The first-order valence-electron chi connectivity index (χ1n) is 11.7. The number of aryl methyl sites for hydroxylation is 1. The summed E-state index contributed by atoms with van der Waals surface area (Å²) in [5.74, 6) is 1.53. The Kier molecular flexibility index (Phi) is 7.09. The minimum Gasteiger partial charge on any atom is -0.492 e. The van der Waals surface area contributed by atoms with Gasteiger partial charge in [-0.2, -0.15) is 0 Å². The average Bonchev–Trinajstić information content (AvgIpc) is 3.34. The van der Waals surface area contributed by atoms with Gasteiger partial charge >= 0.3 is 6.09 Å². The van der Waals surface area contributed by atoms with E-state index >= 15 is 0 Å². The molecule has 1 atom stereocenters. The van der Waals surface area contributed by atoms with Gasteiger partial charge < -0.3 is 30.2 Å². The number of amides is 2. The van der Waals surface area contributed by atoms with Gasteiger partial charge in [0.25, 0.3) is 5.91 Å². The molecule has 194 valence electrons. The van der Waals surface area contributed by atoms with E-state index in [9.17, 15) is 9.59 Å². The number of halogens is 1. The van der Waals surface area contributed by atoms with Crippen molar-refractivity contribution in [3.8, 4) is 17.2 Å². The van der Waals surface area contributed by atoms with E-state index in [4.69, 9.17) is 25.8 Å². The van der Waals surface area contributed by atoms with Crippen molar-refractivity contribution < 1.29 is 23.8 Å². The third-order valence-corrected chi connectivity index (χ3v) is 5.89. The molecule has 12 heteroatoms. The lowest BCUT2D eigenvalue weighted by atomic mass is 10.1. The molecule has 0 aliphatic carbocycles. The highest BCUT2D eigenvalue weighted by Gasteiger charge is 2.29. The van der Waals surface area contributed by atoms with E-state index in [1.807, 2.05) is 26.0 Å². The smallest absolute Gasteiger partial charge is 0.407 e. The molecule has 1 fully saturated rings. The normalized spacial score (nSPS) is 14.5. The number of benzene rings is 2. The Bertz CT molecular complexity index is 1510. The first-order valence-corrected chi connectivity index (χ1v) is 12.1. The number of ether oxygens (including phenoxy) is 3. The molecule has 0 unspecified atom stereocenters. The van der Waals surface area contributed by atoms with E-state index in [0.717, 1.165) is 5.69 Å². The summed E-state index contributed by atoms with van der Waals surface area (Å²) in [5.41, 5.74) is 2.54. The van der Waals surface area contributed by atoms with Crippen molar-refractivity contribution >= 4 is 51.7 Å². The molecule has 1 aliphatic heterocycles. The van der Waals surface area contributed by atoms with Crippen LogP contribution in [0.25, 0.3) is 10.9 Å². The summed E-state index contributed by atoms with van der Waals surface area (Å²) in [4.78, 5) is 37.0. The van der Waals surface area contributed by atoms with Crippen molar-refractivity contribution in [2.75, 3.05) is 23.8 Å². The maximum atomic E-state index is 12.7. The van der Waals surface area contributed by atoms with Crippen molar-refractivity contribution in [2.24, 2.45) is 0 Å². The molecule has 5 rings (SSSR count). The van der Waals surface area contributed by atoms with Gasteiger partial charge in [-0.25, -0.2) is 14.8 Å². The molecule has 3 heterocycles. The molecular weight excluding hydrogens is 512 g/mol. The summed E-state index contributed by atoms with van der Waals surface area (Å²) in [6.07, 6.45) is 2.41. The highest BCUT2D eigenvalue weighted by molar-refractivity contribution is 6.32. The number of fused-ring (bicyclic) bond motifs is 1. The van der Waals surface area contributed by atoms with Crippen molar-refractivity contribution in [3.05, 3.63) is 65.7 Å². The summed E-state index contributed by atoms with van der Waals surface area (Å²) in [7, 11) is 0. The minimum absolute atomic E-state index is 0.0565. The molecule has 4 aromatic rings. The Hall–Kier alpha value is -4.64. The number of hydrogen-bond acceptors (Lipinski definition) is 9. The summed E-state index contributed by atoms with van der Waals surface area (Å²) < 4.78 is 16.4. The second kappa shape index (κ2) is 10.8. The van der Waals surface area contributed by atoms with Crippen LogP contribution >= 0.6 is 11.6 Å². The number of alkyl carbamates (subject to hydrolysis) is 1. The number of anilines is 3. The number of rotatable bonds is 8. The van der Waals surface area contributed by atoms with Crippen LogP contribution in [0, 0.1) is 6.92 Å². The lowest BCUT2D eigenvalue weighted by molar-refractivity contribution is -0.117. The van der Waals surface area contributed by atoms with Crippen LogP contribution in [0.1, 0.15) is 12.6 Å². The summed E-state index contributed by atoms with van der Waals surface area (Å²) in [5, 5.41) is 9.52. The predicted octanol–water partition coefficient (Wildman–Crippen LogP) is 4.97. The molecule has 0 spiro atoms. The van der Waals surface area contributed by atoms with Gasteiger partial charge in [-0.1, -0.05) is 11.6 Å². The molecule has 1 aliphatic rings. The third-order valence-electron chi connectivity index (χ3n) is 5.59. The lowest BCUT2D eigenvalue weighted by Gasteiger charge is -2.16. The second-order valence-electron chi connectivity index (χ2n) is 8.31. The van der Waals surface area contributed by atoms with Gasteiger partial charge in [0.05, 0.1) is 29.0 Å². The quantitative estimate of drug-likeness (QED) is 0.286. The summed E-state index contributed by atoms with van der Waals surface area (Å²) in [6, 6.07) is 11.5. The fourth-order valence-electron chi connectivity index (χ4n) is 3.74. The van der Waals surface area contributed by atoms with E-state index in [2.05, 4.69) is 30.9 Å². The average molecular weight is 535 g/mol. The van der Waals surface area contributed by atoms with Crippen LogP contribution in [0.4, 0.5) is 22.0 Å². The highest BCUT2D eigenvalue weighted by atomic mass is 35.5. The van der Waals surface area contributed by atoms with Crippen LogP contribution < -0.4 is 25.4 Å². The largest absolute Gasteiger partial charge is 0.492 e. The van der Waals surface area contributed by atoms with Crippen LogP contribution in [-0.4, -0.2) is 46.2 Å². The number of pyridine rings is 1. The number of nitrogens with zero attached hydrogens (tertiary/aromatic N) is 3. The zero-order valence-electron chi connectivity index (χ0n) is 20.4. The first-order chi connectivity index (χ1) is 18.4. The number of carbonyl (C=O) groups excluding carboxylic acids is 2. The zero-order chi connectivity index (χ0) is 26.6. The van der Waals surface area contributed by atoms with Crippen LogP contribution in [0.3, 0.4) is 0 Å². The van der Waals surface area contributed by atoms with Gasteiger partial charge in [0.2, 0.25) is 0 Å². The molecular formula is C26H23ClN6O5. The summed E-state index contributed by atoms with van der Waals surface area (Å²) >= 11 is 6.48. The SMILES string of the molecule is CCOc1cc2ncnc(Nc3ccc(Oc4ccc(C)nc4)c(Cl)c3)c2cc1NC(=O)[C@@H]1COC(=O)N1. The van der Waals surface area contributed by atoms with Gasteiger partial charge in [-0.15, -0.1) is 0 Å². The molecule has 2 amide bonds. The van der Waals surface area contributed by atoms with Crippen molar-refractivity contribution in [1.29, 1.82) is 0 Å². The maximum absolute atomic E-state index is 12.7. The minimum atomic E-state index is -0.809. The van der Waals surface area contributed by atoms with Gasteiger partial charge in [-0.05, 0) is 50.2 Å². The maximum Gasteiger partial charge on any atom is 0.407 e. The molecule has 2 aromatic carbocycles. The van der Waals surface area contributed by atoms with Crippen molar-refractivity contribution in [1.82, 2.24) is 20.3 Å². The van der Waals surface area contributed by atoms with Crippen molar-refractivity contribution in [2.45, 2.75) is 19.9 Å². The molecule has 3 N–H and O–H groups in total. The molecule has 0 radical (unpaired) electrons. The van der Waals surface area contributed by atoms with Crippen LogP contribution in [0.15, 0.2) is 55.0 Å². The van der Waals surface area contributed by atoms with Gasteiger partial charge in [0.1, 0.15) is 42.0 Å². The highest BCUT2D eigenvalue weighted by Crippen LogP contribution is 2.36. The summed E-state index contributed by atoms with van der Waals surface area (Å²) in [6.45, 7) is 4.05. The Morgan fingerprint density at radius 3 is 2.74 bits per heavy atom. The fourth-order valence-corrected chi connectivity index (χ4v) is 3.96. The molecule has 0 saturated carbocycles. The van der Waals surface area contributed by atoms with E-state index in [1.54, 1.807) is 36.5 Å². The number of aromatic nitrogens is 3. The fraction of sp³-hybridized carbons (Fsp3) is 0.192. The Labute approximate surface area is 222 Å². The predicted molar refractivity (Wildman–Crippen MR) is 141 cm³/mol. The van der Waals surface area contributed by atoms with Crippen LogP contribution in [0.5, 0.6) is 17.2 Å². The van der Waals surface area contributed by atoms with E-state index in [0.29, 0.717) is 57.0 Å². The van der Waals surface area contributed by atoms with Crippen molar-refractivity contribution in [3.63, 3.8) is 0 Å².